The van der Waals surface area contributed by atoms with E-state index in [1.54, 1.807) is 0 Å². The molecule has 26 heteroatoms. The first-order valence-electron chi connectivity index (χ1n) is 17.7. The first-order valence-corrected chi connectivity index (χ1v) is 17.7. The normalized spacial score (nSPS) is 45.1. The van der Waals surface area contributed by atoms with Crippen molar-refractivity contribution in [3.05, 3.63) is 0 Å². The van der Waals surface area contributed by atoms with Crippen LogP contribution in [0.3, 0.4) is 0 Å². The van der Waals surface area contributed by atoms with E-state index in [1.165, 1.54) is 0 Å². The maximum Gasteiger partial charge on any atom is 0.364 e. The van der Waals surface area contributed by atoms with Crippen LogP contribution in [0.4, 0.5) is 0 Å². The SMILES string of the molecule is CC(=O)N[C@H]1[C@H](O[C@H]2[C@@H](O)[C@H](O)[C@@H](CO)O[C@H]2O)O[C@H](CO)[C@@H](O[C@@H]2O[C@H](CO)[C@H](O)[C@H](O)[C@H]2O[C@]2(C(=O)O)C[C@H](O)[C@@H](NC(C)=O)[C@H]([C@H](O)[C@H](O)CO)O2)[C@@H]1O. The zero-order valence-corrected chi connectivity index (χ0v) is 30.4. The Morgan fingerprint density at radius 1 is 0.684 bits per heavy atom. The van der Waals surface area contributed by atoms with E-state index < -0.39 is 179 Å². The Bertz CT molecular complexity index is 1350. The van der Waals surface area contributed by atoms with Gasteiger partial charge in [-0.05, 0) is 0 Å². The summed E-state index contributed by atoms with van der Waals surface area (Å²) in [4.78, 5) is 37.1. The molecule has 4 fully saturated rings. The van der Waals surface area contributed by atoms with E-state index in [4.69, 9.17) is 33.2 Å². The van der Waals surface area contributed by atoms with Gasteiger partial charge in [0.2, 0.25) is 11.8 Å². The van der Waals surface area contributed by atoms with Crippen molar-refractivity contribution in [2.75, 3.05) is 26.4 Å². The lowest BCUT2D eigenvalue weighted by molar-refractivity contribution is -0.396. The number of ether oxygens (including phenoxy) is 7. The lowest BCUT2D eigenvalue weighted by Crippen LogP contribution is -2.71. The number of nitrogens with one attached hydrogen (secondary N) is 2. The van der Waals surface area contributed by atoms with E-state index in [2.05, 4.69) is 10.6 Å². The number of amides is 2. The van der Waals surface area contributed by atoms with Gasteiger partial charge in [0.15, 0.2) is 18.9 Å². The number of carbonyl (C=O) groups excluding carboxylic acids is 2. The van der Waals surface area contributed by atoms with Crippen molar-refractivity contribution < 1.29 is 119 Å². The molecule has 21 atom stereocenters. The van der Waals surface area contributed by atoms with Crippen LogP contribution in [0.5, 0.6) is 0 Å². The zero-order chi connectivity index (χ0) is 42.7. The minimum Gasteiger partial charge on any atom is -0.477 e. The highest BCUT2D eigenvalue weighted by molar-refractivity contribution is 5.76. The van der Waals surface area contributed by atoms with Crippen molar-refractivity contribution in [3.63, 3.8) is 0 Å². The fourth-order valence-electron chi connectivity index (χ4n) is 7.03. The Balaban J connectivity index is 1.68. The topological polar surface area (TPSA) is 423 Å². The van der Waals surface area contributed by atoms with Crippen molar-refractivity contribution >= 4 is 17.8 Å². The third kappa shape index (κ3) is 10.2. The minimum absolute atomic E-state index is 0.797. The van der Waals surface area contributed by atoms with E-state index in [0.29, 0.717) is 0 Å². The largest absolute Gasteiger partial charge is 0.477 e. The van der Waals surface area contributed by atoms with Crippen LogP contribution < -0.4 is 10.6 Å². The molecule has 4 saturated heterocycles. The summed E-state index contributed by atoms with van der Waals surface area (Å²) in [5, 5.41) is 151. The van der Waals surface area contributed by atoms with Crippen LogP contribution >= 0.6 is 0 Å². The van der Waals surface area contributed by atoms with E-state index in [1.807, 2.05) is 0 Å². The van der Waals surface area contributed by atoms with Crippen molar-refractivity contribution in [2.24, 2.45) is 0 Å². The van der Waals surface area contributed by atoms with E-state index in [-0.39, 0.29) is 0 Å². The summed E-state index contributed by atoms with van der Waals surface area (Å²) in [6.07, 6.45) is -36.4. The Morgan fingerprint density at radius 3 is 1.72 bits per heavy atom. The molecule has 0 aromatic carbocycles. The number of aliphatic hydroxyl groups excluding tert-OH is 13. The quantitative estimate of drug-likeness (QED) is 0.0728. The van der Waals surface area contributed by atoms with Gasteiger partial charge in [0, 0.05) is 20.3 Å². The van der Waals surface area contributed by atoms with Crippen molar-refractivity contribution in [1.82, 2.24) is 10.6 Å². The molecule has 4 aliphatic heterocycles. The monoisotopic (exact) mass is 836 g/mol. The summed E-state index contributed by atoms with van der Waals surface area (Å²) in [5.74, 6) is -6.83. The fourth-order valence-corrected chi connectivity index (χ4v) is 7.03. The molecule has 2 amide bonds. The van der Waals surface area contributed by atoms with Crippen LogP contribution in [0, 0.1) is 0 Å². The molecule has 4 rings (SSSR count). The standard InChI is InChI=1S/C31H52N2O24/c1-8(38)32-15-10(40)3-31(30(49)50,56-24(15)17(42)11(41)4-34)57-26-22(47)19(44)13(6-36)52-29(26)54-23-14(7-37)53-28(16(20(23)45)33-9(2)39)55-25-21(46)18(43)12(5-35)51-27(25)48/h10-29,34-37,40-48H,3-7H2,1-2H3,(H,32,38)(H,33,39)(H,49,50)/t10-,11+,12+,13+,14+,15+,16+,17+,18+,19-,20+,21-,22-,23+,24+,25-,26+,27+,28-,29-,31-/m0/s1. The van der Waals surface area contributed by atoms with Gasteiger partial charge in [-0.3, -0.25) is 9.59 Å². The molecule has 0 unspecified atom stereocenters. The van der Waals surface area contributed by atoms with Crippen molar-refractivity contribution in [1.29, 1.82) is 0 Å². The second-order valence-electron chi connectivity index (χ2n) is 14.0. The second-order valence-corrected chi connectivity index (χ2v) is 14.0. The van der Waals surface area contributed by atoms with Crippen LogP contribution in [0.15, 0.2) is 0 Å². The Kier molecular flexibility index (Phi) is 16.4. The minimum atomic E-state index is -3.16. The number of carbonyl (C=O) groups is 3. The number of carboxylic acids is 1. The average molecular weight is 837 g/mol. The van der Waals surface area contributed by atoms with E-state index >= 15 is 0 Å². The molecule has 0 aliphatic carbocycles. The van der Waals surface area contributed by atoms with Gasteiger partial charge in [0.1, 0.15) is 91.5 Å². The number of hydrogen-bond acceptors (Lipinski definition) is 23. The molecule has 0 aromatic rings. The van der Waals surface area contributed by atoms with Crippen LogP contribution in [0.1, 0.15) is 20.3 Å². The first-order chi connectivity index (χ1) is 26.7. The maximum atomic E-state index is 12.9. The third-order valence-electron chi connectivity index (χ3n) is 9.99. The summed E-state index contributed by atoms with van der Waals surface area (Å²) in [6.45, 7) is -1.96. The van der Waals surface area contributed by atoms with E-state index in [0.717, 1.165) is 13.8 Å². The van der Waals surface area contributed by atoms with Gasteiger partial charge in [0.25, 0.3) is 5.79 Å². The Morgan fingerprint density at radius 2 is 1.19 bits per heavy atom. The Labute approximate surface area is 322 Å². The molecule has 0 spiro atoms. The summed E-state index contributed by atoms with van der Waals surface area (Å²) < 4.78 is 39.2. The molecule has 330 valence electrons. The van der Waals surface area contributed by atoms with Crippen LogP contribution in [0.2, 0.25) is 0 Å². The molecule has 0 bridgehead atoms. The number of rotatable bonds is 15. The Hall–Kier alpha value is -2.39. The highest BCUT2D eigenvalue weighted by atomic mass is 16.8. The number of aliphatic hydroxyl groups is 13. The predicted octanol–water partition coefficient (Wildman–Crippen LogP) is -10.3. The van der Waals surface area contributed by atoms with Crippen molar-refractivity contribution in [3.8, 4) is 0 Å². The smallest absolute Gasteiger partial charge is 0.364 e. The van der Waals surface area contributed by atoms with Gasteiger partial charge >= 0.3 is 5.97 Å². The summed E-state index contributed by atoms with van der Waals surface area (Å²) in [7, 11) is 0. The molecule has 0 saturated carbocycles. The van der Waals surface area contributed by atoms with Gasteiger partial charge < -0.3 is 115 Å². The molecule has 0 aromatic heterocycles. The molecular weight excluding hydrogens is 784 g/mol. The van der Waals surface area contributed by atoms with Crippen LogP contribution in [-0.2, 0) is 47.5 Å². The lowest BCUT2D eigenvalue weighted by Gasteiger charge is -2.51. The fraction of sp³-hybridized carbons (Fsp3) is 0.903. The molecule has 4 aliphatic rings. The van der Waals surface area contributed by atoms with Gasteiger partial charge in [-0.1, -0.05) is 0 Å². The number of carboxylic acid groups (broad SMARTS) is 1. The molecule has 57 heavy (non-hydrogen) atoms. The highest BCUT2D eigenvalue weighted by Crippen LogP contribution is 2.39. The molecule has 0 radical (unpaired) electrons. The van der Waals surface area contributed by atoms with Gasteiger partial charge in [0.05, 0.1) is 38.6 Å². The number of aliphatic carboxylic acids is 1. The van der Waals surface area contributed by atoms with Gasteiger partial charge in [-0.2, -0.15) is 0 Å². The average Bonchev–Trinajstić information content (AvgIpc) is 3.16. The number of hydrogen-bond donors (Lipinski definition) is 16. The summed E-state index contributed by atoms with van der Waals surface area (Å²) in [5.41, 5.74) is 0. The first kappa shape index (κ1) is 47.3. The summed E-state index contributed by atoms with van der Waals surface area (Å²) in [6, 6.07) is -3.36. The highest BCUT2D eigenvalue weighted by Gasteiger charge is 2.61. The molecular formula is C31H52N2O24. The van der Waals surface area contributed by atoms with Crippen molar-refractivity contribution in [2.45, 2.75) is 149 Å². The summed E-state index contributed by atoms with van der Waals surface area (Å²) >= 11 is 0. The molecule has 16 N–H and O–H groups in total. The predicted molar refractivity (Wildman–Crippen MR) is 174 cm³/mol. The van der Waals surface area contributed by atoms with Gasteiger partial charge in [-0.25, -0.2) is 4.79 Å². The van der Waals surface area contributed by atoms with E-state index in [9.17, 15) is 85.9 Å². The second kappa shape index (κ2) is 19.8. The van der Waals surface area contributed by atoms with Crippen LogP contribution in [-0.4, -0.2) is 244 Å². The van der Waals surface area contributed by atoms with Crippen LogP contribution in [0.25, 0.3) is 0 Å². The third-order valence-corrected chi connectivity index (χ3v) is 9.99. The zero-order valence-electron chi connectivity index (χ0n) is 30.4. The molecule has 4 heterocycles. The van der Waals surface area contributed by atoms with Gasteiger partial charge in [-0.15, -0.1) is 0 Å². The maximum absolute atomic E-state index is 12.9. The molecule has 26 nitrogen and oxygen atoms in total. The lowest BCUT2D eigenvalue weighted by atomic mass is 9.88.